The van der Waals surface area contributed by atoms with Crippen molar-refractivity contribution in [3.63, 3.8) is 0 Å². The van der Waals surface area contributed by atoms with Gasteiger partial charge in [-0.05, 0) is 31.8 Å². The van der Waals surface area contributed by atoms with Crippen LogP contribution < -0.4 is 5.32 Å². The first-order valence-corrected chi connectivity index (χ1v) is 8.07. The second-order valence-electron chi connectivity index (χ2n) is 6.35. The van der Waals surface area contributed by atoms with Crippen molar-refractivity contribution >= 4 is 5.91 Å². The second-order valence-corrected chi connectivity index (χ2v) is 6.35. The fraction of sp³-hybridized carbons (Fsp3) is 0.750. The molecule has 1 aliphatic rings. The Balaban J connectivity index is 1.71. The van der Waals surface area contributed by atoms with Gasteiger partial charge in [-0.1, -0.05) is 31.8 Å². The largest absolute Gasteiger partial charge is 0.361 e. The maximum Gasteiger partial charge on any atom is 0.234 e. The van der Waals surface area contributed by atoms with Gasteiger partial charge in [0.2, 0.25) is 5.91 Å². The van der Waals surface area contributed by atoms with E-state index in [9.17, 15) is 4.79 Å². The summed E-state index contributed by atoms with van der Waals surface area (Å²) in [7, 11) is 0. The van der Waals surface area contributed by atoms with Crippen molar-refractivity contribution in [2.24, 2.45) is 5.92 Å². The summed E-state index contributed by atoms with van der Waals surface area (Å²) in [5.74, 6) is 1.51. The van der Waals surface area contributed by atoms with Crippen LogP contribution in [-0.2, 0) is 17.8 Å². The molecule has 2 rings (SSSR count). The Bertz CT molecular complexity index is 434. The Hall–Kier alpha value is -1.36. The Morgan fingerprint density at radius 1 is 1.33 bits per heavy atom. The van der Waals surface area contributed by atoms with E-state index in [2.05, 4.69) is 29.2 Å². The summed E-state index contributed by atoms with van der Waals surface area (Å²) in [5.41, 5.74) is 0.801. The summed E-state index contributed by atoms with van der Waals surface area (Å²) in [6.07, 6.45) is 5.87. The zero-order chi connectivity index (χ0) is 15.1. The van der Waals surface area contributed by atoms with Crippen LogP contribution in [-0.4, -0.2) is 35.6 Å². The maximum absolute atomic E-state index is 12.0. The van der Waals surface area contributed by atoms with Crippen LogP contribution in [0.3, 0.4) is 0 Å². The van der Waals surface area contributed by atoms with Crippen LogP contribution in [0.5, 0.6) is 0 Å². The predicted molar refractivity (Wildman–Crippen MR) is 81.8 cm³/mol. The molecule has 1 N–H and O–H groups in total. The number of rotatable bonds is 6. The second kappa shape index (κ2) is 8.17. The van der Waals surface area contributed by atoms with Crippen LogP contribution in [0.15, 0.2) is 10.6 Å². The highest BCUT2D eigenvalue weighted by molar-refractivity contribution is 5.77. The Kier molecular flexibility index (Phi) is 6.23. The lowest BCUT2D eigenvalue weighted by molar-refractivity contribution is -0.122. The molecule has 0 aromatic carbocycles. The molecule has 0 unspecified atom stereocenters. The van der Waals surface area contributed by atoms with Crippen LogP contribution in [0, 0.1) is 5.92 Å². The fourth-order valence-electron chi connectivity index (χ4n) is 2.68. The Morgan fingerprint density at radius 2 is 2.05 bits per heavy atom. The standard InChI is InChI=1S/C16H27N3O2/c1-13(2)9-15-10-14(18-21-15)11-17-16(20)12-19-7-5-3-4-6-8-19/h10,13H,3-9,11-12H2,1-2H3,(H,17,20). The highest BCUT2D eigenvalue weighted by Crippen LogP contribution is 2.10. The molecule has 1 amide bonds. The number of amides is 1. The van der Waals surface area contributed by atoms with Crippen molar-refractivity contribution in [3.05, 3.63) is 17.5 Å². The third-order valence-corrected chi connectivity index (χ3v) is 3.75. The molecule has 1 fully saturated rings. The number of aromatic nitrogens is 1. The van der Waals surface area contributed by atoms with Crippen molar-refractivity contribution in [3.8, 4) is 0 Å². The molecule has 1 aliphatic heterocycles. The number of carbonyl (C=O) groups is 1. The minimum Gasteiger partial charge on any atom is -0.361 e. The molecule has 0 aliphatic carbocycles. The van der Waals surface area contributed by atoms with Crippen molar-refractivity contribution < 1.29 is 9.32 Å². The van der Waals surface area contributed by atoms with E-state index >= 15 is 0 Å². The van der Waals surface area contributed by atoms with Gasteiger partial charge in [-0.15, -0.1) is 0 Å². The molecule has 0 radical (unpaired) electrons. The molecule has 0 spiro atoms. The molecule has 21 heavy (non-hydrogen) atoms. The summed E-state index contributed by atoms with van der Waals surface area (Å²) in [5, 5.41) is 6.93. The lowest BCUT2D eigenvalue weighted by atomic mass is 10.1. The van der Waals surface area contributed by atoms with Crippen LogP contribution in [0.25, 0.3) is 0 Å². The third kappa shape index (κ3) is 5.87. The van der Waals surface area contributed by atoms with Gasteiger partial charge in [0, 0.05) is 12.5 Å². The van der Waals surface area contributed by atoms with E-state index in [0.717, 1.165) is 31.0 Å². The normalized spacial score (nSPS) is 16.9. The van der Waals surface area contributed by atoms with Gasteiger partial charge in [-0.3, -0.25) is 9.69 Å². The van der Waals surface area contributed by atoms with E-state index in [-0.39, 0.29) is 5.91 Å². The lowest BCUT2D eigenvalue weighted by Gasteiger charge is -2.18. The average molecular weight is 293 g/mol. The Morgan fingerprint density at radius 3 is 2.71 bits per heavy atom. The molecule has 2 heterocycles. The van der Waals surface area contributed by atoms with E-state index in [1.165, 1.54) is 25.7 Å². The minimum atomic E-state index is 0.0744. The molecule has 1 aromatic heterocycles. The van der Waals surface area contributed by atoms with Crippen molar-refractivity contribution in [2.75, 3.05) is 19.6 Å². The molecule has 0 saturated carbocycles. The summed E-state index contributed by atoms with van der Waals surface area (Å²) in [6, 6.07) is 1.94. The molecular weight excluding hydrogens is 266 g/mol. The zero-order valence-corrected chi connectivity index (χ0v) is 13.2. The van der Waals surface area contributed by atoms with E-state index in [4.69, 9.17) is 4.52 Å². The van der Waals surface area contributed by atoms with Crippen molar-refractivity contribution in [1.82, 2.24) is 15.4 Å². The van der Waals surface area contributed by atoms with Gasteiger partial charge in [0.15, 0.2) is 0 Å². The Labute approximate surface area is 127 Å². The highest BCUT2D eigenvalue weighted by Gasteiger charge is 2.13. The quantitative estimate of drug-likeness (QED) is 0.875. The highest BCUT2D eigenvalue weighted by atomic mass is 16.5. The third-order valence-electron chi connectivity index (χ3n) is 3.75. The predicted octanol–water partition coefficient (Wildman–Crippen LogP) is 2.37. The first kappa shape index (κ1) is 16.0. The number of nitrogens with one attached hydrogen (secondary N) is 1. The van der Waals surface area contributed by atoms with Crippen LogP contribution in [0.1, 0.15) is 51.0 Å². The molecule has 0 bridgehead atoms. The maximum atomic E-state index is 12.0. The van der Waals surface area contributed by atoms with E-state index < -0.39 is 0 Å². The van der Waals surface area contributed by atoms with E-state index in [1.54, 1.807) is 0 Å². The molecular formula is C16H27N3O2. The molecule has 5 nitrogen and oxygen atoms in total. The summed E-state index contributed by atoms with van der Waals surface area (Å²) >= 11 is 0. The summed E-state index contributed by atoms with van der Waals surface area (Å²) in [4.78, 5) is 14.2. The first-order chi connectivity index (χ1) is 10.1. The van der Waals surface area contributed by atoms with Gasteiger partial charge < -0.3 is 9.84 Å². The van der Waals surface area contributed by atoms with Gasteiger partial charge in [-0.25, -0.2) is 0 Å². The van der Waals surface area contributed by atoms with E-state index in [0.29, 0.717) is 19.0 Å². The molecule has 1 aromatic rings. The number of hydrogen-bond acceptors (Lipinski definition) is 4. The van der Waals surface area contributed by atoms with Gasteiger partial charge in [-0.2, -0.15) is 0 Å². The van der Waals surface area contributed by atoms with Crippen molar-refractivity contribution in [2.45, 2.75) is 52.5 Å². The molecule has 5 heteroatoms. The molecule has 118 valence electrons. The van der Waals surface area contributed by atoms with Gasteiger partial charge in [0.25, 0.3) is 0 Å². The molecule has 0 atom stereocenters. The van der Waals surface area contributed by atoms with Gasteiger partial charge in [0.05, 0.1) is 13.1 Å². The SMILES string of the molecule is CC(C)Cc1cc(CNC(=O)CN2CCCCCC2)no1. The number of likely N-dealkylation sites (tertiary alicyclic amines) is 1. The smallest absolute Gasteiger partial charge is 0.234 e. The summed E-state index contributed by atoms with van der Waals surface area (Å²) < 4.78 is 5.26. The number of hydrogen-bond donors (Lipinski definition) is 1. The number of nitrogens with zero attached hydrogens (tertiary/aromatic N) is 2. The first-order valence-electron chi connectivity index (χ1n) is 8.07. The fourth-order valence-corrected chi connectivity index (χ4v) is 2.68. The van der Waals surface area contributed by atoms with Crippen LogP contribution in [0.4, 0.5) is 0 Å². The number of carbonyl (C=O) groups excluding carboxylic acids is 1. The van der Waals surface area contributed by atoms with Crippen LogP contribution in [0.2, 0.25) is 0 Å². The van der Waals surface area contributed by atoms with Gasteiger partial charge >= 0.3 is 0 Å². The molecule has 1 saturated heterocycles. The van der Waals surface area contributed by atoms with Crippen LogP contribution >= 0.6 is 0 Å². The summed E-state index contributed by atoms with van der Waals surface area (Å²) in [6.45, 7) is 7.31. The average Bonchev–Trinajstić information content (AvgIpc) is 2.70. The van der Waals surface area contributed by atoms with E-state index in [1.807, 2.05) is 6.07 Å². The topological polar surface area (TPSA) is 58.4 Å². The van der Waals surface area contributed by atoms with Gasteiger partial charge in [0.1, 0.15) is 11.5 Å². The monoisotopic (exact) mass is 293 g/mol. The zero-order valence-electron chi connectivity index (χ0n) is 13.2. The van der Waals surface area contributed by atoms with Crippen molar-refractivity contribution in [1.29, 1.82) is 0 Å². The minimum absolute atomic E-state index is 0.0744. The lowest BCUT2D eigenvalue weighted by Crippen LogP contribution is -2.37.